The minimum absolute atomic E-state index is 0. The molecule has 0 aliphatic carbocycles. The molecule has 2 aromatic carbocycles. The second kappa shape index (κ2) is 8.74. The molecule has 0 saturated heterocycles. The number of carbonyl (C=O) groups excluding carboxylic acids is 1. The maximum absolute atomic E-state index is 11.0. The molecule has 1 atom stereocenters. The largest absolute Gasteiger partial charge is 1.00 e. The van der Waals surface area contributed by atoms with Crippen molar-refractivity contribution in [3.63, 3.8) is 0 Å². The Balaban J connectivity index is 0.00000220. The zero-order valence-corrected chi connectivity index (χ0v) is 14.1. The van der Waals surface area contributed by atoms with Crippen molar-refractivity contribution in [3.8, 4) is 0 Å². The summed E-state index contributed by atoms with van der Waals surface area (Å²) in [6.45, 7) is 4.50. The van der Waals surface area contributed by atoms with E-state index in [0.29, 0.717) is 17.2 Å². The third kappa shape index (κ3) is 4.43. The summed E-state index contributed by atoms with van der Waals surface area (Å²) in [6, 6.07) is 13.9. The summed E-state index contributed by atoms with van der Waals surface area (Å²) in [4.78, 5) is 11.0. The summed E-state index contributed by atoms with van der Waals surface area (Å²) in [5.41, 5.74) is 1.43. The number of benzene rings is 2. The van der Waals surface area contributed by atoms with Gasteiger partial charge in [0.1, 0.15) is 0 Å². The van der Waals surface area contributed by atoms with Crippen LogP contribution in [0, 0.1) is 6.92 Å². The summed E-state index contributed by atoms with van der Waals surface area (Å²) < 4.78 is 5.92. The first-order valence-corrected chi connectivity index (χ1v) is 8.04. The number of aldehydes is 1. The molecule has 0 aromatic heterocycles. The third-order valence-corrected chi connectivity index (χ3v) is 5.25. The fourth-order valence-corrected chi connectivity index (χ4v) is 4.24. The zero-order valence-electron chi connectivity index (χ0n) is 13.5. The van der Waals surface area contributed by atoms with E-state index < -0.39 is 8.15 Å². The van der Waals surface area contributed by atoms with E-state index in [0.717, 1.165) is 22.5 Å². The Hall–Kier alpha value is -0.613. The van der Waals surface area contributed by atoms with Crippen LogP contribution in [0.3, 0.4) is 0 Å². The molecule has 2 rings (SSSR count). The monoisotopic (exact) mass is 314 g/mol. The van der Waals surface area contributed by atoms with Crippen LogP contribution in [0.5, 0.6) is 0 Å². The molecule has 5 heteroatoms. The van der Waals surface area contributed by atoms with E-state index in [1.165, 1.54) is 0 Å². The Labute approximate surface area is 145 Å². The van der Waals surface area contributed by atoms with E-state index in [-0.39, 0.29) is 20.3 Å². The van der Waals surface area contributed by atoms with Gasteiger partial charge in [0.2, 0.25) is 0 Å². The van der Waals surface area contributed by atoms with Gasteiger partial charge >= 0.3 is 18.9 Å². The molecular formula is C16H17ClLiO2P. The summed E-state index contributed by atoms with van der Waals surface area (Å²) in [7, 11) is -0.901. The number of carbonyl (C=O) groups is 1. The molecule has 2 aromatic rings. The van der Waals surface area contributed by atoms with E-state index in [1.54, 1.807) is 0 Å². The Morgan fingerprint density at radius 1 is 1.24 bits per heavy atom. The molecule has 0 amide bonds. The number of hydrogen-bond acceptors (Lipinski definition) is 2. The molecule has 0 N–H and O–H groups in total. The Morgan fingerprint density at radius 2 is 1.90 bits per heavy atom. The van der Waals surface area contributed by atoms with Crippen LogP contribution < -0.4 is 29.5 Å². The molecular weight excluding hydrogens is 298 g/mol. The van der Waals surface area contributed by atoms with E-state index in [4.69, 9.17) is 16.1 Å². The van der Waals surface area contributed by atoms with Crippen molar-refractivity contribution < 1.29 is 29.6 Å². The molecule has 21 heavy (non-hydrogen) atoms. The fourth-order valence-electron chi connectivity index (χ4n) is 1.99. The van der Waals surface area contributed by atoms with Crippen LogP contribution in [0.2, 0.25) is 5.02 Å². The molecule has 0 aliphatic heterocycles. The molecule has 106 valence electrons. The second-order valence-corrected chi connectivity index (χ2v) is 6.61. The van der Waals surface area contributed by atoms with Gasteiger partial charge in [0, 0.05) is 22.8 Å². The van der Waals surface area contributed by atoms with Crippen molar-refractivity contribution in [2.45, 2.75) is 13.8 Å². The smallest absolute Gasteiger partial charge is 1.00 e. The van der Waals surface area contributed by atoms with Gasteiger partial charge in [-0.25, -0.2) is 0 Å². The molecule has 2 nitrogen and oxygen atoms in total. The zero-order chi connectivity index (χ0) is 14.5. The van der Waals surface area contributed by atoms with Crippen molar-refractivity contribution >= 4 is 36.6 Å². The van der Waals surface area contributed by atoms with Crippen LogP contribution in [0.15, 0.2) is 42.5 Å². The SMILES string of the molecule is CCOP(c1ccccc1)c1cc(C)c(C=O)c(Cl)c1.[H-].[Li+]. The molecule has 0 spiro atoms. The van der Waals surface area contributed by atoms with Gasteiger partial charge in [-0.2, -0.15) is 0 Å². The molecule has 0 fully saturated rings. The van der Waals surface area contributed by atoms with Crippen molar-refractivity contribution in [1.29, 1.82) is 0 Å². The first-order valence-electron chi connectivity index (χ1n) is 6.40. The third-order valence-electron chi connectivity index (χ3n) is 2.92. The van der Waals surface area contributed by atoms with E-state index in [1.807, 2.05) is 44.2 Å². The van der Waals surface area contributed by atoms with Crippen molar-refractivity contribution in [2.75, 3.05) is 6.61 Å². The van der Waals surface area contributed by atoms with Crippen LogP contribution in [-0.4, -0.2) is 12.9 Å². The molecule has 0 saturated carbocycles. The van der Waals surface area contributed by atoms with Gasteiger partial charge in [0.15, 0.2) is 6.29 Å². The average Bonchev–Trinajstić information content (AvgIpc) is 2.45. The van der Waals surface area contributed by atoms with Crippen LogP contribution in [0.4, 0.5) is 0 Å². The van der Waals surface area contributed by atoms with E-state index in [2.05, 4.69) is 12.1 Å². The normalized spacial score (nSPS) is 11.6. The van der Waals surface area contributed by atoms with Crippen molar-refractivity contribution in [3.05, 3.63) is 58.6 Å². The van der Waals surface area contributed by atoms with Crippen molar-refractivity contribution in [1.82, 2.24) is 0 Å². The second-order valence-electron chi connectivity index (χ2n) is 4.32. The molecule has 0 heterocycles. The molecule has 1 unspecified atom stereocenters. The van der Waals surface area contributed by atoms with Crippen molar-refractivity contribution in [2.24, 2.45) is 0 Å². The van der Waals surface area contributed by atoms with Crippen LogP contribution in [-0.2, 0) is 4.52 Å². The minimum Gasteiger partial charge on any atom is -1.00 e. The minimum atomic E-state index is -0.901. The standard InChI is InChI=1S/C16H16ClO2P.Li.H/c1-3-19-20(13-7-5-4-6-8-13)14-9-12(2)15(11-18)16(17)10-14;;/h4-11H,3H2,1-2H3;;/q;+1;-1. The fraction of sp³-hybridized carbons (Fsp3) is 0.188. The van der Waals surface area contributed by atoms with Crippen LogP contribution in [0.25, 0.3) is 0 Å². The first-order chi connectivity index (χ1) is 9.67. The van der Waals surface area contributed by atoms with E-state index in [9.17, 15) is 4.79 Å². The first kappa shape index (κ1) is 18.4. The average molecular weight is 315 g/mol. The number of halogens is 1. The maximum Gasteiger partial charge on any atom is 1.00 e. The quantitative estimate of drug-likeness (QED) is 0.467. The maximum atomic E-state index is 11.0. The van der Waals surface area contributed by atoms with Gasteiger partial charge in [-0.05, 0) is 31.5 Å². The van der Waals surface area contributed by atoms with Gasteiger partial charge in [0.25, 0.3) is 0 Å². The summed E-state index contributed by atoms with van der Waals surface area (Å²) in [6.07, 6.45) is 0.799. The Bertz CT molecular complexity index is 587. The van der Waals surface area contributed by atoms with E-state index >= 15 is 0 Å². The summed E-state index contributed by atoms with van der Waals surface area (Å²) in [5, 5.41) is 2.65. The van der Waals surface area contributed by atoms with Gasteiger partial charge in [-0.15, -0.1) is 0 Å². The Morgan fingerprint density at radius 3 is 2.43 bits per heavy atom. The van der Waals surface area contributed by atoms with Crippen LogP contribution in [0.1, 0.15) is 24.3 Å². The summed E-state index contributed by atoms with van der Waals surface area (Å²) in [5.74, 6) is 0. The van der Waals surface area contributed by atoms with Crippen LogP contribution >= 0.6 is 19.7 Å². The molecule has 0 bridgehead atoms. The predicted molar refractivity (Wildman–Crippen MR) is 86.9 cm³/mol. The number of hydrogen-bond donors (Lipinski definition) is 0. The topological polar surface area (TPSA) is 26.3 Å². The van der Waals surface area contributed by atoms with Gasteiger partial charge in [-0.1, -0.05) is 41.9 Å². The summed E-state index contributed by atoms with van der Waals surface area (Å²) >= 11 is 6.19. The predicted octanol–water partition coefficient (Wildman–Crippen LogP) is 0.962. The Kier molecular flexibility index (Phi) is 7.67. The number of aryl methyl sites for hydroxylation is 1. The van der Waals surface area contributed by atoms with Gasteiger partial charge < -0.3 is 5.95 Å². The molecule has 0 radical (unpaired) electrons. The van der Waals surface area contributed by atoms with Gasteiger partial charge in [-0.3, -0.25) is 4.79 Å². The molecule has 0 aliphatic rings. The number of rotatable bonds is 5. The van der Waals surface area contributed by atoms with Gasteiger partial charge in [0.05, 0.1) is 13.2 Å².